The Kier molecular flexibility index (Phi) is 6.99. The molecule has 0 radical (unpaired) electrons. The zero-order valence-corrected chi connectivity index (χ0v) is 18.8. The van der Waals surface area contributed by atoms with Crippen molar-refractivity contribution in [2.45, 2.75) is 31.1 Å². The molecule has 0 aliphatic carbocycles. The van der Waals surface area contributed by atoms with E-state index in [9.17, 15) is 4.79 Å². The van der Waals surface area contributed by atoms with Gasteiger partial charge in [-0.3, -0.25) is 9.69 Å². The van der Waals surface area contributed by atoms with E-state index in [1.807, 2.05) is 18.7 Å². The Morgan fingerprint density at radius 2 is 1.52 bits per heavy atom. The minimum atomic E-state index is 0.138. The Labute approximate surface area is 187 Å². The number of piperazine rings is 1. The van der Waals surface area contributed by atoms with E-state index in [-0.39, 0.29) is 18.0 Å². The molecule has 8 heteroatoms. The molecule has 162 valence electrons. The Hall–Kier alpha value is -2.71. The molecule has 0 unspecified atom stereocenters. The van der Waals surface area contributed by atoms with Crippen molar-refractivity contribution < 1.29 is 4.79 Å². The number of thioether (sulfide) groups is 1. The second kappa shape index (κ2) is 10.1. The molecule has 1 fully saturated rings. The van der Waals surface area contributed by atoms with E-state index in [0.717, 1.165) is 26.2 Å². The summed E-state index contributed by atoms with van der Waals surface area (Å²) in [6.45, 7) is 7.19. The standard InChI is InChI=1S/C23H28N6OS/c1-18(2)29-23(24-25-26-29)31-17-21(30)27-13-15-28(16-14-27)22(19-9-5-3-6-10-19)20-11-7-4-8-12-20/h3-12,18,22H,13-17H2,1-2H3. The molecule has 0 bridgehead atoms. The molecule has 1 aromatic heterocycles. The fourth-order valence-corrected chi connectivity index (χ4v) is 4.85. The molecule has 0 saturated carbocycles. The quantitative estimate of drug-likeness (QED) is 0.530. The first-order valence-corrected chi connectivity index (χ1v) is 11.6. The van der Waals surface area contributed by atoms with Crippen LogP contribution >= 0.6 is 11.8 Å². The number of tetrazole rings is 1. The van der Waals surface area contributed by atoms with E-state index < -0.39 is 0 Å². The molecule has 0 spiro atoms. The van der Waals surface area contributed by atoms with Crippen molar-refractivity contribution in [1.82, 2.24) is 30.0 Å². The Bertz CT molecular complexity index is 931. The predicted octanol–water partition coefficient (Wildman–Crippen LogP) is 3.28. The molecule has 31 heavy (non-hydrogen) atoms. The molecule has 1 aliphatic rings. The zero-order chi connectivity index (χ0) is 21.6. The van der Waals surface area contributed by atoms with Gasteiger partial charge in [-0.1, -0.05) is 72.4 Å². The highest BCUT2D eigenvalue weighted by Crippen LogP contribution is 2.29. The first kappa shape index (κ1) is 21.5. The van der Waals surface area contributed by atoms with Gasteiger partial charge in [-0.05, 0) is 35.4 Å². The van der Waals surface area contributed by atoms with Crippen LogP contribution in [0.3, 0.4) is 0 Å². The largest absolute Gasteiger partial charge is 0.339 e. The van der Waals surface area contributed by atoms with Crippen LogP contribution in [-0.2, 0) is 4.79 Å². The van der Waals surface area contributed by atoms with Crippen molar-refractivity contribution in [2.75, 3.05) is 31.9 Å². The van der Waals surface area contributed by atoms with Gasteiger partial charge in [-0.2, -0.15) is 0 Å². The third kappa shape index (κ3) is 5.14. The van der Waals surface area contributed by atoms with E-state index in [0.29, 0.717) is 10.9 Å². The number of aromatic nitrogens is 4. The Balaban J connectivity index is 1.38. The molecular formula is C23H28N6OS. The van der Waals surface area contributed by atoms with Crippen LogP contribution in [0.4, 0.5) is 0 Å². The minimum Gasteiger partial charge on any atom is -0.339 e. The third-order valence-electron chi connectivity index (χ3n) is 5.54. The van der Waals surface area contributed by atoms with E-state index >= 15 is 0 Å². The minimum absolute atomic E-state index is 0.138. The van der Waals surface area contributed by atoms with Gasteiger partial charge >= 0.3 is 0 Å². The second-order valence-corrected chi connectivity index (χ2v) is 8.87. The highest BCUT2D eigenvalue weighted by Gasteiger charge is 2.28. The molecule has 3 aromatic rings. The van der Waals surface area contributed by atoms with E-state index in [1.165, 1.54) is 22.9 Å². The second-order valence-electron chi connectivity index (χ2n) is 7.93. The van der Waals surface area contributed by atoms with Gasteiger partial charge in [-0.25, -0.2) is 4.68 Å². The number of carbonyl (C=O) groups is 1. The lowest BCUT2D eigenvalue weighted by atomic mass is 9.96. The summed E-state index contributed by atoms with van der Waals surface area (Å²) in [6, 6.07) is 21.6. The van der Waals surface area contributed by atoms with Gasteiger partial charge in [0.25, 0.3) is 0 Å². The van der Waals surface area contributed by atoms with Crippen LogP contribution in [0.25, 0.3) is 0 Å². The normalized spacial score (nSPS) is 15.0. The fourth-order valence-electron chi connectivity index (χ4n) is 3.94. The summed E-state index contributed by atoms with van der Waals surface area (Å²) in [5.74, 6) is 0.493. The average Bonchev–Trinajstić information content (AvgIpc) is 3.29. The van der Waals surface area contributed by atoms with Crippen LogP contribution in [0.15, 0.2) is 65.8 Å². The number of rotatable bonds is 7. The number of benzene rings is 2. The summed E-state index contributed by atoms with van der Waals surface area (Å²) in [6.07, 6.45) is 0. The number of hydrogen-bond acceptors (Lipinski definition) is 6. The van der Waals surface area contributed by atoms with Crippen LogP contribution in [0.5, 0.6) is 0 Å². The van der Waals surface area contributed by atoms with Crippen molar-refractivity contribution in [3.05, 3.63) is 71.8 Å². The van der Waals surface area contributed by atoms with Crippen molar-refractivity contribution in [3.8, 4) is 0 Å². The lowest BCUT2D eigenvalue weighted by Gasteiger charge is -2.39. The smallest absolute Gasteiger partial charge is 0.233 e. The maximum absolute atomic E-state index is 12.8. The summed E-state index contributed by atoms with van der Waals surface area (Å²) >= 11 is 1.41. The number of hydrogen-bond donors (Lipinski definition) is 0. The van der Waals surface area contributed by atoms with Crippen LogP contribution < -0.4 is 0 Å². The lowest BCUT2D eigenvalue weighted by molar-refractivity contribution is -0.130. The first-order valence-electron chi connectivity index (χ1n) is 10.7. The molecule has 1 aliphatic heterocycles. The van der Waals surface area contributed by atoms with Gasteiger partial charge in [0.2, 0.25) is 11.1 Å². The maximum Gasteiger partial charge on any atom is 0.233 e. The average molecular weight is 437 g/mol. The molecular weight excluding hydrogens is 408 g/mol. The van der Waals surface area contributed by atoms with Crippen molar-refractivity contribution in [3.63, 3.8) is 0 Å². The van der Waals surface area contributed by atoms with Gasteiger partial charge in [0, 0.05) is 26.2 Å². The van der Waals surface area contributed by atoms with Gasteiger partial charge in [0.1, 0.15) is 0 Å². The van der Waals surface area contributed by atoms with Crippen LogP contribution in [0, 0.1) is 0 Å². The zero-order valence-electron chi connectivity index (χ0n) is 18.0. The van der Waals surface area contributed by atoms with Crippen LogP contribution in [-0.4, -0.2) is 67.8 Å². The van der Waals surface area contributed by atoms with Crippen LogP contribution in [0.1, 0.15) is 37.1 Å². The topological polar surface area (TPSA) is 67.2 Å². The molecule has 4 rings (SSSR count). The van der Waals surface area contributed by atoms with Gasteiger partial charge in [-0.15, -0.1) is 5.10 Å². The molecule has 1 saturated heterocycles. The Morgan fingerprint density at radius 3 is 2.06 bits per heavy atom. The molecule has 7 nitrogen and oxygen atoms in total. The Morgan fingerprint density at radius 1 is 0.935 bits per heavy atom. The van der Waals surface area contributed by atoms with Gasteiger partial charge in [0.15, 0.2) is 0 Å². The highest BCUT2D eigenvalue weighted by atomic mass is 32.2. The van der Waals surface area contributed by atoms with E-state index in [4.69, 9.17) is 0 Å². The van der Waals surface area contributed by atoms with Crippen molar-refractivity contribution >= 4 is 17.7 Å². The molecule has 2 aromatic carbocycles. The maximum atomic E-state index is 12.8. The lowest BCUT2D eigenvalue weighted by Crippen LogP contribution is -2.50. The third-order valence-corrected chi connectivity index (χ3v) is 6.46. The van der Waals surface area contributed by atoms with E-state index in [1.54, 1.807) is 4.68 Å². The summed E-state index contributed by atoms with van der Waals surface area (Å²) in [5.41, 5.74) is 2.56. The number of amides is 1. The number of nitrogens with zero attached hydrogens (tertiary/aromatic N) is 6. The summed E-state index contributed by atoms with van der Waals surface area (Å²) in [5, 5.41) is 12.5. The molecule has 0 N–H and O–H groups in total. The van der Waals surface area contributed by atoms with Crippen molar-refractivity contribution in [2.24, 2.45) is 0 Å². The monoisotopic (exact) mass is 436 g/mol. The number of carbonyl (C=O) groups excluding carboxylic acids is 1. The van der Waals surface area contributed by atoms with Crippen LogP contribution in [0.2, 0.25) is 0 Å². The summed E-state index contributed by atoms with van der Waals surface area (Å²) in [7, 11) is 0. The predicted molar refractivity (Wildman–Crippen MR) is 122 cm³/mol. The molecule has 0 atom stereocenters. The fraction of sp³-hybridized carbons (Fsp3) is 0.391. The molecule has 2 heterocycles. The highest BCUT2D eigenvalue weighted by molar-refractivity contribution is 7.99. The first-order chi connectivity index (χ1) is 15.1. The molecule has 1 amide bonds. The van der Waals surface area contributed by atoms with Gasteiger partial charge < -0.3 is 4.90 Å². The van der Waals surface area contributed by atoms with Crippen molar-refractivity contribution in [1.29, 1.82) is 0 Å². The van der Waals surface area contributed by atoms with Gasteiger partial charge in [0.05, 0.1) is 17.8 Å². The SMILES string of the molecule is CC(C)n1nnnc1SCC(=O)N1CCN(C(c2ccccc2)c2ccccc2)CC1. The summed E-state index contributed by atoms with van der Waals surface area (Å²) < 4.78 is 1.75. The summed E-state index contributed by atoms with van der Waals surface area (Å²) in [4.78, 5) is 17.2. The van der Waals surface area contributed by atoms with E-state index in [2.05, 4.69) is 81.1 Å².